The van der Waals surface area contributed by atoms with Crippen LogP contribution in [0.3, 0.4) is 0 Å². The molecule has 0 bridgehead atoms. The number of nitrogens with zero attached hydrogens (tertiary/aromatic N) is 3. The highest BCUT2D eigenvalue weighted by Gasteiger charge is 2.35. The van der Waals surface area contributed by atoms with Crippen LogP contribution in [0.5, 0.6) is 0 Å². The number of nitro groups is 1. The number of hydrogen-bond donors (Lipinski definition) is 1. The molecule has 0 aliphatic rings. The monoisotopic (exact) mass is 293 g/mol. The molecule has 0 fully saturated rings. The third-order valence-electron chi connectivity index (χ3n) is 2.18. The molecule has 10 heteroatoms. The summed E-state index contributed by atoms with van der Waals surface area (Å²) in [5.74, 6) is -2.17. The van der Waals surface area contributed by atoms with Gasteiger partial charge in [0.05, 0.1) is 4.92 Å². The van der Waals surface area contributed by atoms with E-state index in [9.17, 15) is 28.1 Å². The highest BCUT2D eigenvalue weighted by molar-refractivity contribution is 5.75. The molecule has 1 rings (SSSR count). The van der Waals surface area contributed by atoms with Crippen LogP contribution in [0.1, 0.15) is 5.56 Å². The van der Waals surface area contributed by atoms with Crippen molar-refractivity contribution >= 4 is 17.5 Å². The number of alkyl halides is 3. The van der Waals surface area contributed by atoms with Gasteiger partial charge < -0.3 is 10.0 Å². The van der Waals surface area contributed by atoms with Gasteiger partial charge in [0, 0.05) is 12.3 Å². The van der Waals surface area contributed by atoms with Crippen molar-refractivity contribution in [3.8, 4) is 0 Å². The van der Waals surface area contributed by atoms with Crippen molar-refractivity contribution in [2.24, 2.45) is 0 Å². The molecule has 1 heterocycles. The van der Waals surface area contributed by atoms with E-state index in [-0.39, 0.29) is 0 Å². The van der Waals surface area contributed by atoms with Gasteiger partial charge >= 0.3 is 17.8 Å². The van der Waals surface area contributed by atoms with Crippen LogP contribution in [0.25, 0.3) is 0 Å². The summed E-state index contributed by atoms with van der Waals surface area (Å²) in [6.45, 7) is -1.21. The maximum Gasteiger partial charge on any atom is 0.405 e. The van der Waals surface area contributed by atoms with Gasteiger partial charge in [0.1, 0.15) is 13.1 Å². The van der Waals surface area contributed by atoms with Crippen molar-refractivity contribution in [2.75, 3.05) is 18.0 Å². The van der Waals surface area contributed by atoms with Crippen LogP contribution in [0.2, 0.25) is 0 Å². The Hall–Kier alpha value is -2.39. The molecule has 0 saturated carbocycles. The van der Waals surface area contributed by atoms with Gasteiger partial charge in [-0.1, -0.05) is 0 Å². The fourth-order valence-electron chi connectivity index (χ4n) is 1.51. The second kappa shape index (κ2) is 5.72. The Kier molecular flexibility index (Phi) is 4.48. The predicted molar refractivity (Wildman–Crippen MR) is 61.5 cm³/mol. The zero-order valence-electron chi connectivity index (χ0n) is 10.2. The first kappa shape index (κ1) is 15.7. The second-order valence-electron chi connectivity index (χ2n) is 3.98. The lowest BCUT2D eigenvalue weighted by molar-refractivity contribution is -0.384. The number of rotatable bonds is 5. The van der Waals surface area contributed by atoms with Gasteiger partial charge in [-0.3, -0.25) is 14.9 Å². The van der Waals surface area contributed by atoms with Crippen LogP contribution in [0.15, 0.2) is 12.3 Å². The van der Waals surface area contributed by atoms with Gasteiger partial charge in [-0.05, 0) is 12.5 Å². The Balaban J connectivity index is 3.25. The van der Waals surface area contributed by atoms with Gasteiger partial charge in [0.25, 0.3) is 0 Å². The summed E-state index contributed by atoms with van der Waals surface area (Å²) in [4.78, 5) is 24.4. The molecule has 1 aromatic heterocycles. The van der Waals surface area contributed by atoms with E-state index in [1.165, 1.54) is 6.92 Å². The molecule has 0 aliphatic carbocycles. The zero-order chi connectivity index (χ0) is 15.5. The van der Waals surface area contributed by atoms with E-state index in [1.807, 2.05) is 0 Å². The standard InChI is InChI=1S/C10H10F3N3O4/c1-6-2-7(16(19)20)9(14-3-6)15(4-8(17)18)5-10(11,12)13/h2-3H,4-5H2,1H3,(H,17,18). The van der Waals surface area contributed by atoms with Crippen molar-refractivity contribution in [1.82, 2.24) is 4.98 Å². The van der Waals surface area contributed by atoms with Gasteiger partial charge in [-0.25, -0.2) is 4.98 Å². The predicted octanol–water partition coefficient (Wildman–Crippen LogP) is 1.75. The minimum Gasteiger partial charge on any atom is -0.480 e. The molecule has 1 N–H and O–H groups in total. The number of carboxylic acid groups (broad SMARTS) is 1. The van der Waals surface area contributed by atoms with Gasteiger partial charge in [0.2, 0.25) is 5.82 Å². The smallest absolute Gasteiger partial charge is 0.405 e. The molecule has 0 atom stereocenters. The molecule has 0 amide bonds. The van der Waals surface area contributed by atoms with Crippen molar-refractivity contribution < 1.29 is 28.0 Å². The van der Waals surface area contributed by atoms with Crippen LogP contribution < -0.4 is 4.90 Å². The minimum atomic E-state index is -4.71. The lowest BCUT2D eigenvalue weighted by Gasteiger charge is -2.22. The lowest BCUT2D eigenvalue weighted by Crippen LogP contribution is -2.38. The van der Waals surface area contributed by atoms with Gasteiger partial charge in [-0.2, -0.15) is 13.2 Å². The number of pyridine rings is 1. The second-order valence-corrected chi connectivity index (χ2v) is 3.98. The minimum absolute atomic E-state index is 0.305. The first-order valence-corrected chi connectivity index (χ1v) is 5.24. The van der Waals surface area contributed by atoms with E-state index in [2.05, 4.69) is 4.98 Å². The third kappa shape index (κ3) is 4.37. The summed E-state index contributed by atoms with van der Waals surface area (Å²) >= 11 is 0. The van der Waals surface area contributed by atoms with Crippen LogP contribution in [-0.4, -0.2) is 40.2 Å². The molecule has 20 heavy (non-hydrogen) atoms. The average molecular weight is 293 g/mol. The molecule has 7 nitrogen and oxygen atoms in total. The number of hydrogen-bond acceptors (Lipinski definition) is 5. The van der Waals surface area contributed by atoms with Crippen molar-refractivity contribution in [2.45, 2.75) is 13.1 Å². The summed E-state index contributed by atoms with van der Waals surface area (Å²) in [6, 6.07) is 1.04. The molecule has 0 aromatic carbocycles. The van der Waals surface area contributed by atoms with Gasteiger partial charge in [-0.15, -0.1) is 0 Å². The normalized spacial score (nSPS) is 11.2. The van der Waals surface area contributed by atoms with E-state index >= 15 is 0 Å². The third-order valence-corrected chi connectivity index (χ3v) is 2.18. The number of aliphatic carboxylic acids is 1. The Morgan fingerprint density at radius 3 is 2.60 bits per heavy atom. The molecular weight excluding hydrogens is 283 g/mol. The number of carbonyl (C=O) groups is 1. The summed E-state index contributed by atoms with van der Waals surface area (Å²) in [7, 11) is 0. The van der Waals surface area contributed by atoms with E-state index in [0.29, 0.717) is 10.5 Å². The van der Waals surface area contributed by atoms with E-state index in [4.69, 9.17) is 5.11 Å². The zero-order valence-corrected chi connectivity index (χ0v) is 10.2. The summed E-state index contributed by atoms with van der Waals surface area (Å²) in [5, 5.41) is 19.5. The number of halogens is 3. The number of anilines is 1. The number of aryl methyl sites for hydroxylation is 1. The maximum absolute atomic E-state index is 12.4. The highest BCUT2D eigenvalue weighted by atomic mass is 19.4. The summed E-state index contributed by atoms with van der Waals surface area (Å²) in [6.07, 6.45) is -3.58. The summed E-state index contributed by atoms with van der Waals surface area (Å²) in [5.41, 5.74) is -0.293. The quantitative estimate of drug-likeness (QED) is 0.656. The van der Waals surface area contributed by atoms with Crippen LogP contribution >= 0.6 is 0 Å². The van der Waals surface area contributed by atoms with Crippen LogP contribution in [0, 0.1) is 17.0 Å². The highest BCUT2D eigenvalue weighted by Crippen LogP contribution is 2.29. The molecular formula is C10H10F3N3O4. The number of aromatic nitrogens is 1. The molecule has 0 spiro atoms. The molecule has 0 aliphatic heterocycles. The lowest BCUT2D eigenvalue weighted by atomic mass is 10.2. The Morgan fingerprint density at radius 2 is 2.15 bits per heavy atom. The number of carboxylic acids is 1. The molecule has 0 saturated heterocycles. The Morgan fingerprint density at radius 1 is 1.55 bits per heavy atom. The SMILES string of the molecule is Cc1cnc(N(CC(=O)O)CC(F)(F)F)c([N+](=O)[O-])c1. The maximum atomic E-state index is 12.4. The summed E-state index contributed by atoms with van der Waals surface area (Å²) < 4.78 is 37.3. The largest absolute Gasteiger partial charge is 0.480 e. The van der Waals surface area contributed by atoms with Crippen molar-refractivity contribution in [3.63, 3.8) is 0 Å². The van der Waals surface area contributed by atoms with Gasteiger partial charge in [0.15, 0.2) is 0 Å². The fraction of sp³-hybridized carbons (Fsp3) is 0.400. The van der Waals surface area contributed by atoms with Crippen molar-refractivity contribution in [3.05, 3.63) is 27.9 Å². The van der Waals surface area contributed by atoms with Crippen LogP contribution in [0.4, 0.5) is 24.7 Å². The van der Waals surface area contributed by atoms with E-state index in [0.717, 1.165) is 12.3 Å². The van der Waals surface area contributed by atoms with Crippen LogP contribution in [-0.2, 0) is 4.79 Å². The van der Waals surface area contributed by atoms with E-state index in [1.54, 1.807) is 0 Å². The molecule has 0 radical (unpaired) electrons. The first-order valence-electron chi connectivity index (χ1n) is 5.24. The average Bonchev–Trinajstić information content (AvgIpc) is 2.25. The Bertz CT molecular complexity index is 533. The fourth-order valence-corrected chi connectivity index (χ4v) is 1.51. The Labute approximate surface area is 110 Å². The molecule has 0 unspecified atom stereocenters. The topological polar surface area (TPSA) is 96.6 Å². The first-order chi connectivity index (χ1) is 9.10. The van der Waals surface area contributed by atoms with Crippen molar-refractivity contribution in [1.29, 1.82) is 0 Å². The van der Waals surface area contributed by atoms with E-state index < -0.39 is 41.7 Å². The molecule has 110 valence electrons. The molecule has 1 aromatic rings.